The third-order valence-electron chi connectivity index (χ3n) is 6.36. The number of piperazine rings is 1. The van der Waals surface area contributed by atoms with Gasteiger partial charge in [-0.1, -0.05) is 6.42 Å². The van der Waals surface area contributed by atoms with E-state index in [-0.39, 0.29) is 10.8 Å². The van der Waals surface area contributed by atoms with E-state index in [1.165, 1.54) is 42.1 Å². The molecular weight excluding hydrogens is 355 g/mol. The third kappa shape index (κ3) is 3.39. The quantitative estimate of drug-likeness (QED) is 0.806. The fourth-order valence-electron chi connectivity index (χ4n) is 4.91. The largest absolute Gasteiger partial charge is 0.340 e. The molecule has 2 bridgehead atoms. The third-order valence-corrected chi connectivity index (χ3v) is 8.28. The first-order chi connectivity index (χ1) is 12.4. The minimum Gasteiger partial charge on any atom is -0.340 e. The molecule has 0 spiro atoms. The molecular formula is C19H25FN2O3S. The van der Waals surface area contributed by atoms with Crippen LogP contribution in [0.25, 0.3) is 0 Å². The fraction of sp³-hybridized carbons (Fsp3) is 0.632. The van der Waals surface area contributed by atoms with Crippen LogP contribution in [0.4, 0.5) is 4.39 Å². The highest BCUT2D eigenvalue weighted by atomic mass is 32.2. The second-order valence-electron chi connectivity index (χ2n) is 7.88. The van der Waals surface area contributed by atoms with Crippen molar-refractivity contribution < 1.29 is 17.6 Å². The molecule has 1 aromatic rings. The minimum atomic E-state index is -3.63. The van der Waals surface area contributed by atoms with Crippen molar-refractivity contribution in [2.75, 3.05) is 26.2 Å². The van der Waals surface area contributed by atoms with Crippen molar-refractivity contribution in [1.82, 2.24) is 9.21 Å². The van der Waals surface area contributed by atoms with Gasteiger partial charge < -0.3 is 4.90 Å². The van der Waals surface area contributed by atoms with Gasteiger partial charge in [-0.25, -0.2) is 12.8 Å². The number of rotatable bonds is 4. The average molecular weight is 380 g/mol. The van der Waals surface area contributed by atoms with Gasteiger partial charge in [0, 0.05) is 32.6 Å². The summed E-state index contributed by atoms with van der Waals surface area (Å²) in [5.41, 5.74) is 0. The van der Waals surface area contributed by atoms with Gasteiger partial charge in [-0.3, -0.25) is 4.79 Å². The number of carbonyl (C=O) groups is 1. The molecule has 4 rings (SSSR count). The van der Waals surface area contributed by atoms with E-state index in [0.29, 0.717) is 38.5 Å². The first kappa shape index (κ1) is 17.9. The van der Waals surface area contributed by atoms with Crippen LogP contribution < -0.4 is 0 Å². The van der Waals surface area contributed by atoms with E-state index < -0.39 is 15.8 Å². The number of benzene rings is 1. The van der Waals surface area contributed by atoms with Crippen LogP contribution in [0, 0.1) is 23.6 Å². The zero-order valence-corrected chi connectivity index (χ0v) is 15.6. The molecule has 26 heavy (non-hydrogen) atoms. The summed E-state index contributed by atoms with van der Waals surface area (Å²) in [6.07, 6.45) is 5.70. The van der Waals surface area contributed by atoms with Crippen LogP contribution in [0.5, 0.6) is 0 Å². The van der Waals surface area contributed by atoms with Crippen molar-refractivity contribution in [3.8, 4) is 0 Å². The van der Waals surface area contributed by atoms with Crippen LogP contribution in [-0.4, -0.2) is 49.7 Å². The second kappa shape index (κ2) is 6.93. The molecule has 1 saturated heterocycles. The smallest absolute Gasteiger partial charge is 0.243 e. The van der Waals surface area contributed by atoms with E-state index >= 15 is 0 Å². The molecule has 0 aromatic heterocycles. The van der Waals surface area contributed by atoms with E-state index in [4.69, 9.17) is 0 Å². The zero-order chi connectivity index (χ0) is 18.3. The van der Waals surface area contributed by atoms with Gasteiger partial charge in [-0.2, -0.15) is 4.31 Å². The predicted octanol–water partition coefficient (Wildman–Crippen LogP) is 2.48. The van der Waals surface area contributed by atoms with Crippen molar-refractivity contribution in [2.45, 2.75) is 37.0 Å². The maximum Gasteiger partial charge on any atom is 0.243 e. The Bertz CT molecular complexity index is 772. The molecule has 5 nitrogen and oxygen atoms in total. The number of nitrogens with zero attached hydrogens (tertiary/aromatic N) is 2. The van der Waals surface area contributed by atoms with E-state index in [9.17, 15) is 17.6 Å². The molecule has 1 aliphatic heterocycles. The topological polar surface area (TPSA) is 57.7 Å². The van der Waals surface area contributed by atoms with Crippen molar-refractivity contribution in [3.63, 3.8) is 0 Å². The van der Waals surface area contributed by atoms with Crippen LogP contribution in [0.1, 0.15) is 32.1 Å². The Kier molecular flexibility index (Phi) is 4.77. The average Bonchev–Trinajstić information content (AvgIpc) is 3.25. The summed E-state index contributed by atoms with van der Waals surface area (Å²) in [4.78, 5) is 14.5. The van der Waals surface area contributed by atoms with Gasteiger partial charge in [0.15, 0.2) is 0 Å². The van der Waals surface area contributed by atoms with E-state index in [1.54, 1.807) is 0 Å². The number of hydrogen-bond donors (Lipinski definition) is 0. The maximum absolute atomic E-state index is 13.0. The zero-order valence-electron chi connectivity index (χ0n) is 14.8. The lowest BCUT2D eigenvalue weighted by molar-refractivity contribution is -0.133. The highest BCUT2D eigenvalue weighted by molar-refractivity contribution is 7.89. The van der Waals surface area contributed by atoms with Crippen LogP contribution in [-0.2, 0) is 14.8 Å². The predicted molar refractivity (Wildman–Crippen MR) is 95.3 cm³/mol. The minimum absolute atomic E-state index is 0.0978. The summed E-state index contributed by atoms with van der Waals surface area (Å²) >= 11 is 0. The lowest BCUT2D eigenvalue weighted by Crippen LogP contribution is -2.50. The second-order valence-corrected chi connectivity index (χ2v) is 9.82. The van der Waals surface area contributed by atoms with Crippen molar-refractivity contribution in [2.24, 2.45) is 17.8 Å². The van der Waals surface area contributed by atoms with Gasteiger partial charge in [0.2, 0.25) is 15.9 Å². The lowest BCUT2D eigenvalue weighted by atomic mass is 9.86. The molecule has 0 radical (unpaired) electrons. The highest BCUT2D eigenvalue weighted by Crippen LogP contribution is 2.49. The van der Waals surface area contributed by atoms with Gasteiger partial charge >= 0.3 is 0 Å². The Morgan fingerprint density at radius 3 is 2.31 bits per heavy atom. The number of amides is 1. The number of halogens is 1. The summed E-state index contributed by atoms with van der Waals surface area (Å²) in [7, 11) is -3.63. The van der Waals surface area contributed by atoms with Crippen LogP contribution in [0.2, 0.25) is 0 Å². The Balaban J connectivity index is 1.33. The van der Waals surface area contributed by atoms with E-state index in [0.717, 1.165) is 24.0 Å². The number of hydrogen-bond acceptors (Lipinski definition) is 3. The number of fused-ring (bicyclic) bond motifs is 2. The molecule has 3 atom stereocenters. The first-order valence-corrected chi connectivity index (χ1v) is 10.9. The van der Waals surface area contributed by atoms with Crippen LogP contribution in [0.3, 0.4) is 0 Å². The van der Waals surface area contributed by atoms with Crippen LogP contribution in [0.15, 0.2) is 29.2 Å². The van der Waals surface area contributed by atoms with Gasteiger partial charge in [-0.15, -0.1) is 0 Å². The Hall–Kier alpha value is -1.47. The fourth-order valence-corrected chi connectivity index (χ4v) is 6.34. The SMILES string of the molecule is O=C(C[C@H]1C[C@@H]2CC[C@@H]1C2)N1CCN(S(=O)(=O)c2ccc(F)cc2)CC1. The Labute approximate surface area is 154 Å². The van der Waals surface area contributed by atoms with Gasteiger partial charge in [0.05, 0.1) is 4.90 Å². The summed E-state index contributed by atoms with van der Waals surface area (Å²) in [5.74, 6) is 1.79. The van der Waals surface area contributed by atoms with Gasteiger partial charge in [-0.05, 0) is 61.3 Å². The monoisotopic (exact) mass is 380 g/mol. The maximum atomic E-state index is 13.0. The molecule has 1 amide bonds. The molecule has 2 aliphatic carbocycles. The van der Waals surface area contributed by atoms with E-state index in [1.807, 2.05) is 4.90 Å². The molecule has 2 saturated carbocycles. The molecule has 1 heterocycles. The Morgan fingerprint density at radius 2 is 1.73 bits per heavy atom. The van der Waals surface area contributed by atoms with Crippen molar-refractivity contribution in [1.29, 1.82) is 0 Å². The molecule has 142 valence electrons. The number of sulfonamides is 1. The molecule has 3 aliphatic rings. The normalized spacial score (nSPS) is 29.3. The van der Waals surface area contributed by atoms with Crippen molar-refractivity contribution >= 4 is 15.9 Å². The van der Waals surface area contributed by atoms with Gasteiger partial charge in [0.25, 0.3) is 0 Å². The van der Waals surface area contributed by atoms with Crippen molar-refractivity contribution in [3.05, 3.63) is 30.1 Å². The Morgan fingerprint density at radius 1 is 1.04 bits per heavy atom. The lowest BCUT2D eigenvalue weighted by Gasteiger charge is -2.35. The first-order valence-electron chi connectivity index (χ1n) is 9.47. The van der Waals surface area contributed by atoms with Gasteiger partial charge in [0.1, 0.15) is 5.82 Å². The summed E-state index contributed by atoms with van der Waals surface area (Å²) in [5, 5.41) is 0. The summed E-state index contributed by atoms with van der Waals surface area (Å²) < 4.78 is 39.7. The molecule has 0 N–H and O–H groups in total. The standard InChI is InChI=1S/C19H25FN2O3S/c20-17-3-5-18(6-4-17)26(24,25)22-9-7-21(8-10-22)19(23)13-16-12-14-1-2-15(16)11-14/h3-6,14-16H,1-2,7-13H2/t14-,15-,16-/m1/s1. The molecule has 3 fully saturated rings. The number of carbonyl (C=O) groups excluding carboxylic acids is 1. The van der Waals surface area contributed by atoms with E-state index in [2.05, 4.69) is 0 Å². The summed E-state index contributed by atoms with van der Waals surface area (Å²) in [6.45, 7) is 1.45. The molecule has 7 heteroatoms. The molecule has 0 unspecified atom stereocenters. The highest BCUT2D eigenvalue weighted by Gasteiger charge is 2.41. The van der Waals surface area contributed by atoms with Crippen LogP contribution >= 0.6 is 0 Å². The summed E-state index contributed by atoms with van der Waals surface area (Å²) in [6, 6.07) is 4.89. The molecule has 1 aromatic carbocycles.